The van der Waals surface area contributed by atoms with Crippen molar-refractivity contribution in [1.29, 1.82) is 0 Å². The van der Waals surface area contributed by atoms with Crippen molar-refractivity contribution in [1.82, 2.24) is 4.90 Å². The van der Waals surface area contributed by atoms with Crippen LogP contribution in [-0.4, -0.2) is 25.3 Å². The maximum Gasteiger partial charge on any atom is 0.105 e. The Labute approximate surface area is 42.5 Å². The Balaban J connectivity index is 3.03. The number of halogens is 1. The van der Waals surface area contributed by atoms with Crippen LogP contribution in [0.2, 0.25) is 0 Å². The summed E-state index contributed by atoms with van der Waals surface area (Å²) in [6.07, 6.45) is 1.52. The van der Waals surface area contributed by atoms with E-state index in [1.807, 2.05) is 14.1 Å². The first-order chi connectivity index (χ1) is 2.77. The predicted octanol–water partition coefficient (Wildman–Crippen LogP) is 0.730. The summed E-state index contributed by atoms with van der Waals surface area (Å²) in [6.45, 7) is 0. The standard InChI is InChI=1S/C3H7ClN2/c1-6(2)3-5-4/h3H,1-2H3. The Hall–Kier alpha value is -0.240. The van der Waals surface area contributed by atoms with Gasteiger partial charge in [0.25, 0.3) is 0 Å². The average Bonchev–Trinajstić information content (AvgIpc) is 1.35. The lowest BCUT2D eigenvalue weighted by molar-refractivity contribution is 0.644. The molecule has 0 atom stereocenters. The number of hydrogen-bond donors (Lipinski definition) is 0. The molecule has 0 heterocycles. The quantitative estimate of drug-likeness (QED) is 0.356. The third kappa shape index (κ3) is 3.76. The molecule has 3 heteroatoms. The van der Waals surface area contributed by atoms with Crippen molar-refractivity contribution in [2.24, 2.45) is 4.51 Å². The summed E-state index contributed by atoms with van der Waals surface area (Å²) in [5.74, 6) is 0. The lowest BCUT2D eigenvalue weighted by atomic mass is 11.0. The summed E-state index contributed by atoms with van der Waals surface area (Å²) < 4.78 is 3.21. The molecule has 0 aromatic rings. The lowest BCUT2D eigenvalue weighted by Gasteiger charge is -1.97. The van der Waals surface area contributed by atoms with Crippen LogP contribution in [0.15, 0.2) is 4.51 Å². The van der Waals surface area contributed by atoms with Gasteiger partial charge in [-0.15, -0.1) is 0 Å². The van der Waals surface area contributed by atoms with E-state index in [9.17, 15) is 0 Å². The molecule has 0 rings (SSSR count). The topological polar surface area (TPSA) is 15.6 Å². The zero-order chi connectivity index (χ0) is 4.99. The van der Waals surface area contributed by atoms with Crippen LogP contribution < -0.4 is 0 Å². The van der Waals surface area contributed by atoms with Crippen molar-refractivity contribution < 1.29 is 0 Å². The smallest absolute Gasteiger partial charge is 0.105 e. The number of rotatable bonds is 1. The molecule has 36 valence electrons. The van der Waals surface area contributed by atoms with E-state index < -0.39 is 0 Å². The van der Waals surface area contributed by atoms with Gasteiger partial charge in [0.15, 0.2) is 0 Å². The Morgan fingerprint density at radius 3 is 2.17 bits per heavy atom. The average molecular weight is 107 g/mol. The van der Waals surface area contributed by atoms with Gasteiger partial charge in [-0.05, 0) is 0 Å². The van der Waals surface area contributed by atoms with Gasteiger partial charge in [-0.3, -0.25) is 0 Å². The Morgan fingerprint density at radius 1 is 1.67 bits per heavy atom. The minimum Gasteiger partial charge on any atom is -0.368 e. The van der Waals surface area contributed by atoms with Crippen LogP contribution in [0, 0.1) is 0 Å². The van der Waals surface area contributed by atoms with Crippen LogP contribution in [0.5, 0.6) is 0 Å². The summed E-state index contributed by atoms with van der Waals surface area (Å²) in [5.41, 5.74) is 0. The van der Waals surface area contributed by atoms with E-state index in [2.05, 4.69) is 4.51 Å². The fourth-order valence-corrected chi connectivity index (χ4v) is 0.262. The van der Waals surface area contributed by atoms with Crippen LogP contribution in [0.1, 0.15) is 0 Å². The van der Waals surface area contributed by atoms with E-state index in [1.165, 1.54) is 6.34 Å². The normalized spacial score (nSPS) is 9.83. The Bertz CT molecular complexity index is 50.8. The second-order valence-corrected chi connectivity index (χ2v) is 1.37. The molecular formula is C3H7ClN2. The maximum atomic E-state index is 4.92. The zero-order valence-corrected chi connectivity index (χ0v) is 4.61. The molecular weight excluding hydrogens is 99.5 g/mol. The summed E-state index contributed by atoms with van der Waals surface area (Å²) in [4.78, 5) is 1.76. The predicted molar refractivity (Wildman–Crippen MR) is 28.0 cm³/mol. The molecule has 0 spiro atoms. The summed E-state index contributed by atoms with van der Waals surface area (Å²) in [7, 11) is 3.71. The second kappa shape index (κ2) is 2.97. The highest BCUT2D eigenvalue weighted by Gasteiger charge is 1.68. The molecule has 0 aromatic carbocycles. The first-order valence-corrected chi connectivity index (χ1v) is 1.92. The molecule has 0 aliphatic carbocycles. The number of nitrogens with zero attached hydrogens (tertiary/aromatic N) is 2. The van der Waals surface area contributed by atoms with Crippen molar-refractivity contribution in [2.75, 3.05) is 14.1 Å². The van der Waals surface area contributed by atoms with Crippen LogP contribution in [0.3, 0.4) is 0 Å². The summed E-state index contributed by atoms with van der Waals surface area (Å²) >= 11 is 4.92. The van der Waals surface area contributed by atoms with E-state index in [0.717, 1.165) is 0 Å². The minimum atomic E-state index is 1.52. The highest BCUT2D eigenvalue weighted by atomic mass is 35.5. The molecule has 0 N–H and O–H groups in total. The van der Waals surface area contributed by atoms with Crippen LogP contribution >= 0.6 is 11.8 Å². The molecule has 0 unspecified atom stereocenters. The van der Waals surface area contributed by atoms with Crippen molar-refractivity contribution in [3.63, 3.8) is 0 Å². The molecule has 0 saturated heterocycles. The van der Waals surface area contributed by atoms with Gasteiger partial charge in [-0.2, -0.15) is 4.51 Å². The first-order valence-electron chi connectivity index (χ1n) is 1.58. The van der Waals surface area contributed by atoms with Gasteiger partial charge < -0.3 is 4.90 Å². The van der Waals surface area contributed by atoms with Crippen LogP contribution in [0.4, 0.5) is 0 Å². The van der Waals surface area contributed by atoms with E-state index >= 15 is 0 Å². The molecule has 2 nitrogen and oxygen atoms in total. The van der Waals surface area contributed by atoms with E-state index in [0.29, 0.717) is 0 Å². The van der Waals surface area contributed by atoms with Crippen LogP contribution in [-0.2, 0) is 0 Å². The second-order valence-electron chi connectivity index (χ2n) is 1.18. The fourth-order valence-electron chi connectivity index (χ4n) is 0.0873. The highest BCUT2D eigenvalue weighted by molar-refractivity contribution is 6.17. The number of hydrogen-bond acceptors (Lipinski definition) is 1. The molecule has 0 aliphatic rings. The molecule has 0 aliphatic heterocycles. The first kappa shape index (κ1) is 5.76. The lowest BCUT2D eigenvalue weighted by Crippen LogP contribution is -2.06. The fraction of sp³-hybridized carbons (Fsp3) is 0.667. The van der Waals surface area contributed by atoms with Gasteiger partial charge >= 0.3 is 0 Å². The van der Waals surface area contributed by atoms with Crippen molar-refractivity contribution in [3.05, 3.63) is 0 Å². The molecule has 0 aromatic heterocycles. The van der Waals surface area contributed by atoms with E-state index in [1.54, 1.807) is 4.90 Å². The van der Waals surface area contributed by atoms with Crippen molar-refractivity contribution >= 4 is 18.1 Å². The minimum absolute atomic E-state index is 1.52. The van der Waals surface area contributed by atoms with Gasteiger partial charge in [-0.1, -0.05) is 0 Å². The highest BCUT2D eigenvalue weighted by Crippen LogP contribution is 1.70. The van der Waals surface area contributed by atoms with E-state index in [4.69, 9.17) is 11.8 Å². The Morgan fingerprint density at radius 2 is 2.17 bits per heavy atom. The Kier molecular flexibility index (Phi) is 2.85. The third-order valence-corrected chi connectivity index (χ3v) is 0.362. The van der Waals surface area contributed by atoms with Gasteiger partial charge in [0, 0.05) is 25.9 Å². The van der Waals surface area contributed by atoms with Crippen molar-refractivity contribution in [2.45, 2.75) is 0 Å². The van der Waals surface area contributed by atoms with Crippen molar-refractivity contribution in [3.8, 4) is 0 Å². The molecule has 0 bridgehead atoms. The molecule has 0 saturated carbocycles. The van der Waals surface area contributed by atoms with Gasteiger partial charge in [0.2, 0.25) is 0 Å². The van der Waals surface area contributed by atoms with Gasteiger partial charge in [0.05, 0.1) is 0 Å². The summed E-state index contributed by atoms with van der Waals surface area (Å²) in [6, 6.07) is 0. The largest absolute Gasteiger partial charge is 0.368 e. The monoisotopic (exact) mass is 106 g/mol. The molecule has 0 fully saturated rings. The molecule has 6 heavy (non-hydrogen) atoms. The van der Waals surface area contributed by atoms with Gasteiger partial charge in [0.1, 0.15) is 6.34 Å². The van der Waals surface area contributed by atoms with Crippen LogP contribution in [0.25, 0.3) is 0 Å². The molecule has 0 radical (unpaired) electrons. The third-order valence-electron chi connectivity index (χ3n) is 0.275. The molecule has 0 amide bonds. The summed E-state index contributed by atoms with van der Waals surface area (Å²) in [5, 5.41) is 0. The van der Waals surface area contributed by atoms with E-state index in [-0.39, 0.29) is 0 Å². The SMILES string of the molecule is CN(C)C=NCl. The maximum absolute atomic E-state index is 4.92. The van der Waals surface area contributed by atoms with Gasteiger partial charge in [-0.25, -0.2) is 0 Å². The zero-order valence-electron chi connectivity index (χ0n) is 3.85.